The Morgan fingerprint density at radius 1 is 1.19 bits per heavy atom. The normalized spacial score (nSPS) is 18.4. The second-order valence-electron chi connectivity index (χ2n) is 4.93. The zero-order valence-corrected chi connectivity index (χ0v) is 10.7. The topological polar surface area (TPSA) is 34.1 Å². The molecule has 3 heteroatoms. The average Bonchev–Trinajstić information content (AvgIpc) is 2.98. The van der Waals surface area contributed by atoms with Gasteiger partial charge in [0, 0.05) is 0 Å². The van der Waals surface area contributed by atoms with Gasteiger partial charge >= 0.3 is 0 Å². The highest BCUT2D eigenvalue weighted by Gasteiger charge is 2.44. The van der Waals surface area contributed by atoms with Crippen LogP contribution in [-0.2, 0) is 9.84 Å². The summed E-state index contributed by atoms with van der Waals surface area (Å²) in [5, 5.41) is 0. The minimum atomic E-state index is -3.08. The predicted molar refractivity (Wildman–Crippen MR) is 65.2 cm³/mol. The van der Waals surface area contributed by atoms with Crippen molar-refractivity contribution in [2.45, 2.75) is 38.0 Å². The molecular formula is C13H18O2S. The van der Waals surface area contributed by atoms with E-state index in [1.165, 1.54) is 0 Å². The summed E-state index contributed by atoms with van der Waals surface area (Å²) in [7, 11) is -3.08. The smallest absolute Gasteiger partial charge is 0.178 e. The molecule has 16 heavy (non-hydrogen) atoms. The van der Waals surface area contributed by atoms with E-state index in [4.69, 9.17) is 0 Å². The highest BCUT2D eigenvalue weighted by molar-refractivity contribution is 7.91. The molecule has 2 rings (SSSR count). The lowest BCUT2D eigenvalue weighted by Crippen LogP contribution is -2.16. The second kappa shape index (κ2) is 3.88. The molecule has 1 aromatic rings. The van der Waals surface area contributed by atoms with Crippen molar-refractivity contribution in [1.82, 2.24) is 0 Å². The standard InChI is InChI=1S/C13H18O2S/c1-3-13(8-9-13)10-16(14,15)12-6-4-11(2)5-7-12/h4-7H,3,8-10H2,1-2H3. The quantitative estimate of drug-likeness (QED) is 0.808. The first-order valence-electron chi connectivity index (χ1n) is 5.77. The van der Waals surface area contributed by atoms with Crippen LogP contribution in [-0.4, -0.2) is 14.2 Å². The van der Waals surface area contributed by atoms with Crippen LogP contribution in [0.3, 0.4) is 0 Å². The van der Waals surface area contributed by atoms with Gasteiger partial charge in [0.2, 0.25) is 0 Å². The van der Waals surface area contributed by atoms with Crippen molar-refractivity contribution in [2.75, 3.05) is 5.75 Å². The summed E-state index contributed by atoms with van der Waals surface area (Å²) in [6.45, 7) is 4.04. The molecule has 0 saturated heterocycles. The Kier molecular flexibility index (Phi) is 2.82. The monoisotopic (exact) mass is 238 g/mol. The largest absolute Gasteiger partial charge is 0.224 e. The molecule has 2 nitrogen and oxygen atoms in total. The molecule has 0 aliphatic heterocycles. The Morgan fingerprint density at radius 2 is 1.75 bits per heavy atom. The van der Waals surface area contributed by atoms with Crippen molar-refractivity contribution in [2.24, 2.45) is 5.41 Å². The van der Waals surface area contributed by atoms with Gasteiger partial charge in [0.1, 0.15) is 0 Å². The third kappa shape index (κ3) is 2.29. The van der Waals surface area contributed by atoms with E-state index in [0.29, 0.717) is 10.6 Å². The van der Waals surface area contributed by atoms with Crippen molar-refractivity contribution in [3.63, 3.8) is 0 Å². The van der Waals surface area contributed by atoms with Gasteiger partial charge in [-0.1, -0.05) is 24.6 Å². The van der Waals surface area contributed by atoms with Crippen LogP contribution in [0.25, 0.3) is 0 Å². The first kappa shape index (κ1) is 11.6. The predicted octanol–water partition coefficient (Wildman–Crippen LogP) is 2.96. The zero-order valence-electron chi connectivity index (χ0n) is 9.86. The van der Waals surface area contributed by atoms with E-state index in [-0.39, 0.29) is 5.41 Å². The van der Waals surface area contributed by atoms with E-state index >= 15 is 0 Å². The second-order valence-corrected chi connectivity index (χ2v) is 6.92. The minimum Gasteiger partial charge on any atom is -0.224 e. The lowest BCUT2D eigenvalue weighted by atomic mass is 10.1. The molecule has 0 N–H and O–H groups in total. The lowest BCUT2D eigenvalue weighted by Gasteiger charge is -2.12. The molecule has 0 spiro atoms. The fourth-order valence-corrected chi connectivity index (χ4v) is 4.03. The summed E-state index contributed by atoms with van der Waals surface area (Å²) < 4.78 is 24.3. The molecule has 0 bridgehead atoms. The fourth-order valence-electron chi connectivity index (χ4n) is 2.01. The first-order chi connectivity index (χ1) is 7.47. The van der Waals surface area contributed by atoms with Gasteiger partial charge in [-0.15, -0.1) is 0 Å². The molecule has 0 radical (unpaired) electrons. The van der Waals surface area contributed by atoms with Crippen LogP contribution in [0.1, 0.15) is 31.7 Å². The molecule has 88 valence electrons. The number of hydrogen-bond donors (Lipinski definition) is 0. The van der Waals surface area contributed by atoms with E-state index in [1.807, 2.05) is 19.1 Å². The maximum absolute atomic E-state index is 12.2. The minimum absolute atomic E-state index is 0.0870. The molecule has 0 atom stereocenters. The van der Waals surface area contributed by atoms with Gasteiger partial charge in [0.15, 0.2) is 9.84 Å². The van der Waals surface area contributed by atoms with Crippen LogP contribution in [0, 0.1) is 12.3 Å². The molecule has 0 heterocycles. The Labute approximate surface area is 97.6 Å². The molecule has 1 aliphatic rings. The molecule has 1 fully saturated rings. The van der Waals surface area contributed by atoms with E-state index in [1.54, 1.807) is 12.1 Å². The summed E-state index contributed by atoms with van der Waals surface area (Å²) in [5.74, 6) is 0.319. The van der Waals surface area contributed by atoms with Crippen molar-refractivity contribution >= 4 is 9.84 Å². The highest BCUT2D eigenvalue weighted by atomic mass is 32.2. The summed E-state index contributed by atoms with van der Waals surface area (Å²) in [4.78, 5) is 0.470. The van der Waals surface area contributed by atoms with Gasteiger partial charge in [-0.25, -0.2) is 8.42 Å². The fraction of sp³-hybridized carbons (Fsp3) is 0.538. The van der Waals surface area contributed by atoms with Gasteiger partial charge < -0.3 is 0 Å². The Hall–Kier alpha value is -0.830. The third-order valence-corrected chi connectivity index (χ3v) is 5.57. The maximum atomic E-state index is 12.2. The maximum Gasteiger partial charge on any atom is 0.178 e. The summed E-state index contributed by atoms with van der Waals surface area (Å²) in [5.41, 5.74) is 1.18. The Balaban J connectivity index is 2.22. The zero-order chi connectivity index (χ0) is 11.8. The number of sulfone groups is 1. The molecule has 1 aromatic carbocycles. The first-order valence-corrected chi connectivity index (χ1v) is 7.42. The van der Waals surface area contributed by atoms with Gasteiger partial charge in [-0.05, 0) is 43.7 Å². The van der Waals surface area contributed by atoms with Crippen LogP contribution in [0.4, 0.5) is 0 Å². The van der Waals surface area contributed by atoms with Crippen LogP contribution in [0.5, 0.6) is 0 Å². The summed E-state index contributed by atoms with van der Waals surface area (Å²) in [6.07, 6.45) is 3.10. The van der Waals surface area contributed by atoms with Crippen molar-refractivity contribution in [3.05, 3.63) is 29.8 Å². The molecular weight excluding hydrogens is 220 g/mol. The molecule has 0 amide bonds. The van der Waals surface area contributed by atoms with Crippen LogP contribution in [0.15, 0.2) is 29.2 Å². The van der Waals surface area contributed by atoms with Gasteiger partial charge in [-0.3, -0.25) is 0 Å². The number of benzene rings is 1. The third-order valence-electron chi connectivity index (χ3n) is 3.58. The molecule has 1 aliphatic carbocycles. The van der Waals surface area contributed by atoms with Crippen LogP contribution >= 0.6 is 0 Å². The van der Waals surface area contributed by atoms with Gasteiger partial charge in [0.25, 0.3) is 0 Å². The molecule has 0 aromatic heterocycles. The Morgan fingerprint density at radius 3 is 2.19 bits per heavy atom. The highest BCUT2D eigenvalue weighted by Crippen LogP contribution is 2.50. The lowest BCUT2D eigenvalue weighted by molar-refractivity contribution is 0.526. The van der Waals surface area contributed by atoms with Crippen molar-refractivity contribution in [3.8, 4) is 0 Å². The number of aryl methyl sites for hydroxylation is 1. The van der Waals surface area contributed by atoms with E-state index in [0.717, 1.165) is 24.8 Å². The number of rotatable bonds is 4. The van der Waals surface area contributed by atoms with Crippen molar-refractivity contribution in [1.29, 1.82) is 0 Å². The van der Waals surface area contributed by atoms with E-state index in [2.05, 4.69) is 6.92 Å². The van der Waals surface area contributed by atoms with E-state index in [9.17, 15) is 8.42 Å². The SMILES string of the molecule is CCC1(CS(=O)(=O)c2ccc(C)cc2)CC1. The van der Waals surface area contributed by atoms with Gasteiger partial charge in [-0.2, -0.15) is 0 Å². The van der Waals surface area contributed by atoms with Crippen molar-refractivity contribution < 1.29 is 8.42 Å². The summed E-state index contributed by atoms with van der Waals surface area (Å²) in [6, 6.07) is 7.16. The summed E-state index contributed by atoms with van der Waals surface area (Å²) >= 11 is 0. The average molecular weight is 238 g/mol. The van der Waals surface area contributed by atoms with E-state index < -0.39 is 9.84 Å². The van der Waals surface area contributed by atoms with Gasteiger partial charge in [0.05, 0.1) is 10.6 Å². The number of hydrogen-bond acceptors (Lipinski definition) is 2. The molecule has 0 unspecified atom stereocenters. The van der Waals surface area contributed by atoms with Crippen LogP contribution in [0.2, 0.25) is 0 Å². The Bertz CT molecular complexity index is 467. The molecule has 1 saturated carbocycles. The van der Waals surface area contributed by atoms with Crippen LogP contribution < -0.4 is 0 Å².